The first-order valence-electron chi connectivity index (χ1n) is 9.78. The van der Waals surface area contributed by atoms with E-state index in [4.69, 9.17) is 11.6 Å². The van der Waals surface area contributed by atoms with Crippen LogP contribution in [0.5, 0.6) is 0 Å². The quantitative estimate of drug-likeness (QED) is 0.838. The Morgan fingerprint density at radius 3 is 2.54 bits per heavy atom. The number of benzene rings is 2. The molecule has 146 valence electrons. The zero-order valence-electron chi connectivity index (χ0n) is 15.7. The van der Waals surface area contributed by atoms with E-state index in [9.17, 15) is 9.59 Å². The van der Waals surface area contributed by atoms with Crippen LogP contribution in [0.1, 0.15) is 24.8 Å². The maximum absolute atomic E-state index is 12.6. The third-order valence-corrected chi connectivity index (χ3v) is 5.73. The summed E-state index contributed by atoms with van der Waals surface area (Å²) in [7, 11) is 0. The van der Waals surface area contributed by atoms with E-state index in [1.165, 1.54) is 18.5 Å². The Bertz CT molecular complexity index is 862. The van der Waals surface area contributed by atoms with Crippen molar-refractivity contribution in [3.8, 4) is 0 Å². The van der Waals surface area contributed by atoms with E-state index in [2.05, 4.69) is 34.5 Å². The molecule has 0 spiro atoms. The summed E-state index contributed by atoms with van der Waals surface area (Å²) in [5.74, 6) is -0.464. The number of hydrogen-bond donors (Lipinski definition) is 1. The number of nitrogens with zero attached hydrogens (tertiary/aromatic N) is 2. The second kappa shape index (κ2) is 8.23. The molecule has 6 heteroatoms. The van der Waals surface area contributed by atoms with Gasteiger partial charge in [0.05, 0.1) is 5.92 Å². The maximum atomic E-state index is 12.6. The van der Waals surface area contributed by atoms with Crippen LogP contribution >= 0.6 is 11.6 Å². The average Bonchev–Trinajstić information content (AvgIpc) is 3.36. The lowest BCUT2D eigenvalue weighted by Crippen LogP contribution is -2.32. The fraction of sp³-hybridized carbons (Fsp3) is 0.364. The summed E-state index contributed by atoms with van der Waals surface area (Å²) in [6.45, 7) is 3.10. The normalized spacial score (nSPS) is 19.3. The van der Waals surface area contributed by atoms with Crippen molar-refractivity contribution in [1.29, 1.82) is 0 Å². The third-order valence-electron chi connectivity index (χ3n) is 5.49. The lowest BCUT2D eigenvalue weighted by Gasteiger charge is -2.18. The molecular formula is C22H24ClN3O2. The van der Waals surface area contributed by atoms with Crippen LogP contribution in [0.4, 0.5) is 11.4 Å². The van der Waals surface area contributed by atoms with Crippen molar-refractivity contribution in [2.75, 3.05) is 29.4 Å². The van der Waals surface area contributed by atoms with Gasteiger partial charge in [0.1, 0.15) is 0 Å². The molecule has 2 aromatic carbocycles. The van der Waals surface area contributed by atoms with Gasteiger partial charge in [-0.05, 0) is 48.7 Å². The minimum Gasteiger partial charge on any atom is -0.372 e. The smallest absolute Gasteiger partial charge is 0.227 e. The highest BCUT2D eigenvalue weighted by Gasteiger charge is 2.35. The van der Waals surface area contributed by atoms with Crippen LogP contribution in [-0.4, -0.2) is 31.4 Å². The fourth-order valence-electron chi connectivity index (χ4n) is 3.91. The lowest BCUT2D eigenvalue weighted by atomic mass is 10.1. The molecule has 2 heterocycles. The molecule has 2 aliphatic rings. The van der Waals surface area contributed by atoms with Gasteiger partial charge in [-0.3, -0.25) is 9.59 Å². The lowest BCUT2D eigenvalue weighted by molar-refractivity contribution is -0.126. The van der Waals surface area contributed by atoms with Gasteiger partial charge in [0.2, 0.25) is 11.8 Å². The summed E-state index contributed by atoms with van der Waals surface area (Å²) >= 11 is 6.02. The van der Waals surface area contributed by atoms with Crippen molar-refractivity contribution in [2.24, 2.45) is 5.92 Å². The second-order valence-electron chi connectivity index (χ2n) is 7.46. The molecule has 1 N–H and O–H groups in total. The van der Waals surface area contributed by atoms with Crippen molar-refractivity contribution in [2.45, 2.75) is 25.8 Å². The summed E-state index contributed by atoms with van der Waals surface area (Å²) in [6, 6.07) is 15.5. The Balaban J connectivity index is 1.32. The summed E-state index contributed by atoms with van der Waals surface area (Å²) in [5, 5.41) is 3.56. The van der Waals surface area contributed by atoms with E-state index in [1.54, 1.807) is 17.0 Å². The third kappa shape index (κ3) is 4.14. The Morgan fingerprint density at radius 2 is 1.82 bits per heavy atom. The van der Waals surface area contributed by atoms with Crippen molar-refractivity contribution < 1.29 is 9.59 Å². The largest absolute Gasteiger partial charge is 0.372 e. The molecule has 28 heavy (non-hydrogen) atoms. The van der Waals surface area contributed by atoms with Crippen molar-refractivity contribution in [3.63, 3.8) is 0 Å². The number of rotatable bonds is 5. The fourth-order valence-corrected chi connectivity index (χ4v) is 4.09. The molecule has 1 unspecified atom stereocenters. The van der Waals surface area contributed by atoms with Gasteiger partial charge in [0.15, 0.2) is 0 Å². The van der Waals surface area contributed by atoms with E-state index >= 15 is 0 Å². The average molecular weight is 398 g/mol. The number of carbonyl (C=O) groups is 2. The molecule has 2 saturated heterocycles. The molecule has 2 amide bonds. The number of anilines is 2. The molecule has 0 bridgehead atoms. The molecule has 4 rings (SSSR count). The topological polar surface area (TPSA) is 52.7 Å². The monoisotopic (exact) mass is 397 g/mol. The molecule has 2 aromatic rings. The van der Waals surface area contributed by atoms with Crippen molar-refractivity contribution in [3.05, 3.63) is 59.1 Å². The first-order valence-corrected chi connectivity index (χ1v) is 10.2. The van der Waals surface area contributed by atoms with Crippen LogP contribution < -0.4 is 15.1 Å². The van der Waals surface area contributed by atoms with E-state index in [0.29, 0.717) is 18.1 Å². The Hall–Kier alpha value is -2.53. The van der Waals surface area contributed by atoms with Crippen LogP contribution in [0.3, 0.4) is 0 Å². The Labute approximate surface area is 170 Å². The van der Waals surface area contributed by atoms with Crippen LogP contribution in [-0.2, 0) is 16.1 Å². The van der Waals surface area contributed by atoms with E-state index in [-0.39, 0.29) is 24.2 Å². The van der Waals surface area contributed by atoms with Crippen LogP contribution in [0, 0.1) is 5.92 Å². The summed E-state index contributed by atoms with van der Waals surface area (Å²) < 4.78 is 0. The highest BCUT2D eigenvalue weighted by Crippen LogP contribution is 2.27. The van der Waals surface area contributed by atoms with Gasteiger partial charge < -0.3 is 15.1 Å². The highest BCUT2D eigenvalue weighted by molar-refractivity contribution is 6.31. The number of amides is 2. The molecule has 5 nitrogen and oxygen atoms in total. The molecule has 0 radical (unpaired) electrons. The van der Waals surface area contributed by atoms with Crippen LogP contribution in [0.25, 0.3) is 0 Å². The van der Waals surface area contributed by atoms with Gasteiger partial charge in [0, 0.05) is 49.0 Å². The summed E-state index contributed by atoms with van der Waals surface area (Å²) in [6.07, 6.45) is 2.74. The Kier molecular flexibility index (Phi) is 5.53. The summed E-state index contributed by atoms with van der Waals surface area (Å²) in [5.41, 5.74) is 3.05. The van der Waals surface area contributed by atoms with Gasteiger partial charge in [-0.2, -0.15) is 0 Å². The van der Waals surface area contributed by atoms with Gasteiger partial charge in [-0.1, -0.05) is 29.8 Å². The Morgan fingerprint density at radius 1 is 1.07 bits per heavy atom. The minimum absolute atomic E-state index is 0.0441. The number of nitrogens with one attached hydrogen (secondary N) is 1. The standard InChI is InChI=1S/C22H24ClN3O2/c23-18-4-3-5-20(13-18)26-15-17(12-21(26)27)22(28)24-14-16-6-8-19(9-7-16)25-10-1-2-11-25/h3-9,13,17H,1-2,10-12,14-15H2,(H,24,28). The van der Waals surface area contributed by atoms with Gasteiger partial charge in [0.25, 0.3) is 0 Å². The second-order valence-corrected chi connectivity index (χ2v) is 7.90. The first-order chi connectivity index (χ1) is 13.6. The highest BCUT2D eigenvalue weighted by atomic mass is 35.5. The zero-order valence-corrected chi connectivity index (χ0v) is 16.5. The zero-order chi connectivity index (χ0) is 19.5. The number of carbonyl (C=O) groups excluding carboxylic acids is 2. The van der Waals surface area contributed by atoms with E-state index < -0.39 is 0 Å². The van der Waals surface area contributed by atoms with E-state index in [1.807, 2.05) is 12.1 Å². The molecule has 2 fully saturated rings. The summed E-state index contributed by atoms with van der Waals surface area (Å²) in [4.78, 5) is 28.9. The SMILES string of the molecule is O=C(NCc1ccc(N2CCCC2)cc1)C1CC(=O)N(c2cccc(Cl)c2)C1. The first kappa shape index (κ1) is 18.8. The predicted octanol–water partition coefficient (Wildman–Crippen LogP) is 3.61. The maximum Gasteiger partial charge on any atom is 0.227 e. The predicted molar refractivity (Wildman–Crippen MR) is 112 cm³/mol. The van der Waals surface area contributed by atoms with Gasteiger partial charge in [-0.25, -0.2) is 0 Å². The molecule has 2 aliphatic heterocycles. The molecular weight excluding hydrogens is 374 g/mol. The number of hydrogen-bond acceptors (Lipinski definition) is 3. The molecule has 0 aromatic heterocycles. The van der Waals surface area contributed by atoms with Crippen LogP contribution in [0.2, 0.25) is 5.02 Å². The van der Waals surface area contributed by atoms with Gasteiger partial charge in [-0.15, -0.1) is 0 Å². The molecule has 0 saturated carbocycles. The molecule has 0 aliphatic carbocycles. The van der Waals surface area contributed by atoms with Crippen molar-refractivity contribution >= 4 is 34.8 Å². The van der Waals surface area contributed by atoms with Crippen molar-refractivity contribution in [1.82, 2.24) is 5.32 Å². The van der Waals surface area contributed by atoms with E-state index in [0.717, 1.165) is 24.3 Å². The van der Waals surface area contributed by atoms with Gasteiger partial charge >= 0.3 is 0 Å². The molecule has 1 atom stereocenters. The number of halogens is 1. The minimum atomic E-state index is -0.338. The van der Waals surface area contributed by atoms with Crippen LogP contribution in [0.15, 0.2) is 48.5 Å².